The zero-order valence-electron chi connectivity index (χ0n) is 10.1. The molecular formula is C15H21N. The Kier molecular flexibility index (Phi) is 2.32. The predicted molar refractivity (Wildman–Crippen MR) is 67.6 cm³/mol. The van der Waals surface area contributed by atoms with Gasteiger partial charge >= 0.3 is 0 Å². The molecule has 2 fully saturated rings. The van der Waals surface area contributed by atoms with Gasteiger partial charge in [0.25, 0.3) is 0 Å². The first-order valence-electron chi connectivity index (χ1n) is 6.58. The van der Waals surface area contributed by atoms with Crippen molar-refractivity contribution in [1.82, 2.24) is 0 Å². The minimum atomic E-state index is 0.296. The average molecular weight is 215 g/mol. The lowest BCUT2D eigenvalue weighted by Crippen LogP contribution is -2.31. The molecule has 1 aromatic carbocycles. The number of hydrogen-bond donors (Lipinski definition) is 1. The first-order valence-corrected chi connectivity index (χ1v) is 6.58. The monoisotopic (exact) mass is 215 g/mol. The van der Waals surface area contributed by atoms with E-state index in [-0.39, 0.29) is 0 Å². The number of benzene rings is 1. The molecule has 16 heavy (non-hydrogen) atoms. The lowest BCUT2D eigenvalue weighted by Gasteiger charge is -2.28. The topological polar surface area (TPSA) is 26.0 Å². The van der Waals surface area contributed by atoms with Gasteiger partial charge in [0.2, 0.25) is 0 Å². The van der Waals surface area contributed by atoms with Gasteiger partial charge in [-0.05, 0) is 49.7 Å². The highest BCUT2D eigenvalue weighted by atomic mass is 14.7. The van der Waals surface area contributed by atoms with Crippen molar-refractivity contribution in [2.24, 2.45) is 5.73 Å². The molecule has 1 heteroatoms. The van der Waals surface area contributed by atoms with Gasteiger partial charge in [0.05, 0.1) is 0 Å². The van der Waals surface area contributed by atoms with Crippen LogP contribution in [0, 0.1) is 0 Å². The van der Waals surface area contributed by atoms with Gasteiger partial charge < -0.3 is 5.73 Å². The van der Waals surface area contributed by atoms with Crippen molar-refractivity contribution in [1.29, 1.82) is 0 Å². The van der Waals surface area contributed by atoms with E-state index < -0.39 is 0 Å². The van der Waals surface area contributed by atoms with Gasteiger partial charge in [-0.15, -0.1) is 0 Å². The van der Waals surface area contributed by atoms with E-state index in [9.17, 15) is 0 Å². The highest BCUT2D eigenvalue weighted by Gasteiger charge is 2.47. The quantitative estimate of drug-likeness (QED) is 0.822. The fourth-order valence-corrected chi connectivity index (χ4v) is 2.99. The van der Waals surface area contributed by atoms with Gasteiger partial charge in [-0.2, -0.15) is 0 Å². The predicted octanol–water partition coefficient (Wildman–Crippen LogP) is 3.33. The molecule has 1 unspecified atom stereocenters. The Hall–Kier alpha value is -0.820. The third-order valence-electron chi connectivity index (χ3n) is 4.70. The second-order valence-electron chi connectivity index (χ2n) is 5.70. The standard InChI is InChI=1S/C15H21N/c1-11(16)15(8-9-15)14-7-3-6-13(10-14)12-4-2-5-12/h3,6-7,10-12H,2,4-5,8-9,16H2,1H3. The van der Waals surface area contributed by atoms with Crippen LogP contribution in [0.5, 0.6) is 0 Å². The van der Waals surface area contributed by atoms with Crippen molar-refractivity contribution in [2.45, 2.75) is 56.4 Å². The molecule has 0 aromatic heterocycles. The maximum Gasteiger partial charge on any atom is 0.0108 e. The van der Waals surface area contributed by atoms with Crippen molar-refractivity contribution in [2.75, 3.05) is 0 Å². The third kappa shape index (κ3) is 1.49. The molecule has 2 aliphatic rings. The van der Waals surface area contributed by atoms with E-state index >= 15 is 0 Å². The van der Waals surface area contributed by atoms with Crippen molar-refractivity contribution < 1.29 is 0 Å². The molecule has 0 spiro atoms. The Labute approximate surface area is 98.0 Å². The summed E-state index contributed by atoms with van der Waals surface area (Å²) < 4.78 is 0. The van der Waals surface area contributed by atoms with E-state index in [0.29, 0.717) is 11.5 Å². The SMILES string of the molecule is CC(N)C1(c2cccc(C3CCC3)c2)CC1. The van der Waals surface area contributed by atoms with Crippen LogP contribution in [-0.4, -0.2) is 6.04 Å². The highest BCUT2D eigenvalue weighted by molar-refractivity contribution is 5.38. The summed E-state index contributed by atoms with van der Waals surface area (Å²) in [7, 11) is 0. The van der Waals surface area contributed by atoms with E-state index in [2.05, 4.69) is 31.2 Å². The van der Waals surface area contributed by atoms with E-state index in [0.717, 1.165) is 5.92 Å². The molecule has 2 N–H and O–H groups in total. The van der Waals surface area contributed by atoms with E-state index in [1.807, 2.05) is 0 Å². The molecule has 0 bridgehead atoms. The molecule has 2 aliphatic carbocycles. The summed E-state index contributed by atoms with van der Waals surface area (Å²) in [4.78, 5) is 0. The van der Waals surface area contributed by atoms with Gasteiger partial charge in [-0.1, -0.05) is 30.7 Å². The average Bonchev–Trinajstić information content (AvgIpc) is 2.95. The van der Waals surface area contributed by atoms with Gasteiger partial charge in [-0.3, -0.25) is 0 Å². The van der Waals surface area contributed by atoms with Crippen LogP contribution in [0.1, 0.15) is 56.1 Å². The van der Waals surface area contributed by atoms with Crippen molar-refractivity contribution in [3.05, 3.63) is 35.4 Å². The second kappa shape index (κ2) is 3.59. The van der Waals surface area contributed by atoms with Crippen LogP contribution in [0.25, 0.3) is 0 Å². The Bertz CT molecular complexity index is 386. The zero-order chi connectivity index (χ0) is 11.2. The summed E-state index contributed by atoms with van der Waals surface area (Å²) in [6, 6.07) is 9.53. The summed E-state index contributed by atoms with van der Waals surface area (Å²) in [5.41, 5.74) is 9.50. The van der Waals surface area contributed by atoms with Crippen molar-refractivity contribution in [3.63, 3.8) is 0 Å². The molecule has 1 nitrogen and oxygen atoms in total. The molecular weight excluding hydrogens is 194 g/mol. The second-order valence-corrected chi connectivity index (χ2v) is 5.70. The van der Waals surface area contributed by atoms with Gasteiger partial charge in [0, 0.05) is 11.5 Å². The van der Waals surface area contributed by atoms with Crippen LogP contribution in [-0.2, 0) is 5.41 Å². The molecule has 0 aliphatic heterocycles. The van der Waals surface area contributed by atoms with E-state index in [1.54, 1.807) is 5.56 Å². The Balaban J connectivity index is 1.90. The summed E-state index contributed by atoms with van der Waals surface area (Å²) in [5, 5.41) is 0. The number of rotatable bonds is 3. The molecule has 1 atom stereocenters. The summed E-state index contributed by atoms with van der Waals surface area (Å²) in [5.74, 6) is 0.837. The minimum Gasteiger partial charge on any atom is -0.327 e. The summed E-state index contributed by atoms with van der Waals surface area (Å²) >= 11 is 0. The van der Waals surface area contributed by atoms with Crippen LogP contribution in [0.15, 0.2) is 24.3 Å². The van der Waals surface area contributed by atoms with Gasteiger partial charge in [0.1, 0.15) is 0 Å². The van der Waals surface area contributed by atoms with Gasteiger partial charge in [-0.25, -0.2) is 0 Å². The van der Waals surface area contributed by atoms with Crippen LogP contribution >= 0.6 is 0 Å². The molecule has 2 saturated carbocycles. The lowest BCUT2D eigenvalue weighted by atomic mass is 9.78. The van der Waals surface area contributed by atoms with Gasteiger partial charge in [0.15, 0.2) is 0 Å². The summed E-state index contributed by atoms with van der Waals surface area (Å²) in [6.07, 6.45) is 6.73. The smallest absolute Gasteiger partial charge is 0.0108 e. The van der Waals surface area contributed by atoms with Crippen LogP contribution in [0.3, 0.4) is 0 Å². The molecule has 0 saturated heterocycles. The maximum atomic E-state index is 6.14. The number of hydrogen-bond acceptors (Lipinski definition) is 1. The first-order chi connectivity index (χ1) is 7.72. The lowest BCUT2D eigenvalue weighted by molar-refractivity contribution is 0.419. The largest absolute Gasteiger partial charge is 0.327 e. The molecule has 86 valence electrons. The molecule has 1 aromatic rings. The normalized spacial score (nSPS) is 24.9. The first kappa shape index (κ1) is 10.3. The molecule has 0 radical (unpaired) electrons. The Morgan fingerprint density at radius 3 is 2.56 bits per heavy atom. The minimum absolute atomic E-state index is 0.296. The van der Waals surface area contributed by atoms with Crippen LogP contribution in [0.4, 0.5) is 0 Å². The van der Waals surface area contributed by atoms with Crippen molar-refractivity contribution >= 4 is 0 Å². The molecule has 0 heterocycles. The maximum absolute atomic E-state index is 6.14. The van der Waals surface area contributed by atoms with Crippen molar-refractivity contribution in [3.8, 4) is 0 Å². The molecule has 0 amide bonds. The Morgan fingerprint density at radius 1 is 1.31 bits per heavy atom. The highest BCUT2D eigenvalue weighted by Crippen LogP contribution is 2.51. The zero-order valence-corrected chi connectivity index (χ0v) is 10.1. The Morgan fingerprint density at radius 2 is 2.06 bits per heavy atom. The summed E-state index contributed by atoms with van der Waals surface area (Å²) in [6.45, 7) is 2.16. The van der Waals surface area contributed by atoms with Crippen LogP contribution < -0.4 is 5.73 Å². The number of nitrogens with two attached hydrogens (primary N) is 1. The van der Waals surface area contributed by atoms with E-state index in [1.165, 1.54) is 37.7 Å². The van der Waals surface area contributed by atoms with Crippen LogP contribution in [0.2, 0.25) is 0 Å². The van der Waals surface area contributed by atoms with E-state index in [4.69, 9.17) is 5.73 Å². The fraction of sp³-hybridized carbons (Fsp3) is 0.600. The third-order valence-corrected chi connectivity index (χ3v) is 4.70. The fourth-order valence-electron chi connectivity index (χ4n) is 2.99. The molecule has 3 rings (SSSR count).